The Labute approximate surface area is 131 Å². The molecule has 122 valence electrons. The molecule has 0 aliphatic carbocycles. The zero-order valence-electron chi connectivity index (χ0n) is 13.6. The predicted molar refractivity (Wildman–Crippen MR) is 84.6 cm³/mol. The lowest BCUT2D eigenvalue weighted by Crippen LogP contribution is -2.47. The highest BCUT2D eigenvalue weighted by atomic mass is 19.1. The number of hydrogen-bond donors (Lipinski definition) is 1. The van der Waals surface area contributed by atoms with Gasteiger partial charge in [0.25, 0.3) is 0 Å². The molecule has 1 atom stereocenters. The van der Waals surface area contributed by atoms with Crippen molar-refractivity contribution in [1.82, 2.24) is 10.2 Å². The molecule has 1 N–H and O–H groups in total. The lowest BCUT2D eigenvalue weighted by atomic mass is 10.1. The Morgan fingerprint density at radius 2 is 1.86 bits per heavy atom. The van der Waals surface area contributed by atoms with Crippen LogP contribution in [0.25, 0.3) is 0 Å². The van der Waals surface area contributed by atoms with Crippen LogP contribution in [0.4, 0.5) is 4.39 Å². The fourth-order valence-corrected chi connectivity index (χ4v) is 2.18. The largest absolute Gasteiger partial charge is 0.354 e. The molecule has 0 radical (unpaired) electrons. The first-order valence-corrected chi connectivity index (χ1v) is 7.75. The SMILES string of the molecule is CCCCCNC(=O)[C@H](C)N(Cc1ccc(F)cc1)C(C)=O. The Balaban J connectivity index is 2.63. The van der Waals surface area contributed by atoms with E-state index < -0.39 is 6.04 Å². The fraction of sp³-hybridized carbons (Fsp3) is 0.529. The number of benzene rings is 1. The molecule has 0 aromatic heterocycles. The molecule has 4 nitrogen and oxygen atoms in total. The number of hydrogen-bond acceptors (Lipinski definition) is 2. The molecule has 0 bridgehead atoms. The van der Waals surface area contributed by atoms with Crippen LogP contribution in [0.15, 0.2) is 24.3 Å². The molecule has 5 heteroatoms. The summed E-state index contributed by atoms with van der Waals surface area (Å²) in [5, 5.41) is 2.85. The first-order valence-electron chi connectivity index (χ1n) is 7.75. The number of carbonyl (C=O) groups excluding carboxylic acids is 2. The van der Waals surface area contributed by atoms with Crippen molar-refractivity contribution in [1.29, 1.82) is 0 Å². The van der Waals surface area contributed by atoms with Crippen LogP contribution < -0.4 is 5.32 Å². The summed E-state index contributed by atoms with van der Waals surface area (Å²) in [7, 11) is 0. The van der Waals surface area contributed by atoms with Crippen molar-refractivity contribution in [2.75, 3.05) is 6.54 Å². The van der Waals surface area contributed by atoms with Crippen LogP contribution in [0.5, 0.6) is 0 Å². The van der Waals surface area contributed by atoms with E-state index in [-0.39, 0.29) is 17.6 Å². The van der Waals surface area contributed by atoms with Gasteiger partial charge in [-0.05, 0) is 31.0 Å². The third-order valence-corrected chi connectivity index (χ3v) is 3.60. The molecule has 0 aliphatic heterocycles. The van der Waals surface area contributed by atoms with Crippen molar-refractivity contribution in [3.05, 3.63) is 35.6 Å². The van der Waals surface area contributed by atoms with Crippen LogP contribution in [0.3, 0.4) is 0 Å². The van der Waals surface area contributed by atoms with Crippen LogP contribution in [0, 0.1) is 5.82 Å². The van der Waals surface area contributed by atoms with E-state index in [9.17, 15) is 14.0 Å². The van der Waals surface area contributed by atoms with Crippen molar-refractivity contribution in [3.63, 3.8) is 0 Å². The molecule has 22 heavy (non-hydrogen) atoms. The predicted octanol–water partition coefficient (Wildman–Crippen LogP) is 2.87. The second-order valence-corrected chi connectivity index (χ2v) is 5.45. The van der Waals surface area contributed by atoms with Gasteiger partial charge < -0.3 is 10.2 Å². The Morgan fingerprint density at radius 1 is 1.23 bits per heavy atom. The zero-order chi connectivity index (χ0) is 16.5. The number of halogens is 1. The summed E-state index contributed by atoms with van der Waals surface area (Å²) in [5.74, 6) is -0.659. The van der Waals surface area contributed by atoms with Crippen molar-refractivity contribution in [2.24, 2.45) is 0 Å². The van der Waals surface area contributed by atoms with E-state index in [0.29, 0.717) is 13.1 Å². The number of nitrogens with zero attached hydrogens (tertiary/aromatic N) is 1. The molecule has 0 heterocycles. The maximum absolute atomic E-state index is 12.9. The van der Waals surface area contributed by atoms with E-state index in [1.807, 2.05) is 0 Å². The molecule has 2 amide bonds. The molecular weight excluding hydrogens is 283 g/mol. The van der Waals surface area contributed by atoms with E-state index in [2.05, 4.69) is 12.2 Å². The molecule has 0 spiro atoms. The number of nitrogens with one attached hydrogen (secondary N) is 1. The van der Waals surface area contributed by atoms with Gasteiger partial charge in [0.1, 0.15) is 11.9 Å². The molecule has 0 aliphatic rings. The topological polar surface area (TPSA) is 49.4 Å². The van der Waals surface area contributed by atoms with Gasteiger partial charge in [-0.2, -0.15) is 0 Å². The van der Waals surface area contributed by atoms with Gasteiger partial charge in [-0.25, -0.2) is 4.39 Å². The Hall–Kier alpha value is -1.91. The van der Waals surface area contributed by atoms with Crippen molar-refractivity contribution < 1.29 is 14.0 Å². The quantitative estimate of drug-likeness (QED) is 0.751. The second-order valence-electron chi connectivity index (χ2n) is 5.45. The van der Waals surface area contributed by atoms with Gasteiger partial charge in [-0.1, -0.05) is 31.9 Å². The average Bonchev–Trinajstić information content (AvgIpc) is 2.49. The Bertz CT molecular complexity index is 488. The number of amides is 2. The van der Waals surface area contributed by atoms with Gasteiger partial charge in [0.05, 0.1) is 0 Å². The van der Waals surface area contributed by atoms with Gasteiger partial charge in [-0.3, -0.25) is 9.59 Å². The second kappa shape index (κ2) is 9.18. The summed E-state index contributed by atoms with van der Waals surface area (Å²) in [4.78, 5) is 25.4. The van der Waals surface area contributed by atoms with Crippen LogP contribution >= 0.6 is 0 Å². The molecule has 0 saturated carbocycles. The van der Waals surface area contributed by atoms with Crippen LogP contribution in [0.2, 0.25) is 0 Å². The van der Waals surface area contributed by atoms with Gasteiger partial charge in [-0.15, -0.1) is 0 Å². The van der Waals surface area contributed by atoms with E-state index in [4.69, 9.17) is 0 Å². The summed E-state index contributed by atoms with van der Waals surface area (Å²) in [6.07, 6.45) is 3.10. The highest BCUT2D eigenvalue weighted by Gasteiger charge is 2.23. The third-order valence-electron chi connectivity index (χ3n) is 3.60. The highest BCUT2D eigenvalue weighted by molar-refractivity contribution is 5.86. The molecular formula is C17H25FN2O2. The standard InChI is InChI=1S/C17H25FN2O2/c1-4-5-6-11-19-17(22)13(2)20(14(3)21)12-15-7-9-16(18)10-8-15/h7-10,13H,4-6,11-12H2,1-3H3,(H,19,22)/t13-/m0/s1. The van der Waals surface area contributed by atoms with Crippen molar-refractivity contribution in [3.8, 4) is 0 Å². The average molecular weight is 308 g/mol. The summed E-state index contributed by atoms with van der Waals surface area (Å²) >= 11 is 0. The van der Waals surface area contributed by atoms with Crippen LogP contribution in [0.1, 0.15) is 45.6 Å². The third kappa shape index (κ3) is 5.84. The van der Waals surface area contributed by atoms with Crippen molar-refractivity contribution in [2.45, 2.75) is 52.6 Å². The molecule has 1 rings (SSSR count). The van der Waals surface area contributed by atoms with Crippen molar-refractivity contribution >= 4 is 11.8 Å². The zero-order valence-corrected chi connectivity index (χ0v) is 13.6. The summed E-state index contributed by atoms with van der Waals surface area (Å²) in [6.45, 7) is 6.16. The van der Waals surface area contributed by atoms with Gasteiger partial charge in [0.15, 0.2) is 0 Å². The number of unbranched alkanes of at least 4 members (excludes halogenated alkanes) is 2. The minimum atomic E-state index is -0.552. The maximum atomic E-state index is 12.9. The smallest absolute Gasteiger partial charge is 0.242 e. The molecule has 1 aromatic rings. The van der Waals surface area contributed by atoms with Crippen LogP contribution in [-0.4, -0.2) is 29.3 Å². The summed E-state index contributed by atoms with van der Waals surface area (Å²) < 4.78 is 12.9. The first kappa shape index (κ1) is 18.1. The molecule has 1 aromatic carbocycles. The van der Waals surface area contributed by atoms with E-state index >= 15 is 0 Å². The number of rotatable bonds is 8. The highest BCUT2D eigenvalue weighted by Crippen LogP contribution is 2.10. The number of carbonyl (C=O) groups is 2. The summed E-state index contributed by atoms with van der Waals surface area (Å²) in [5.41, 5.74) is 0.794. The van der Waals surface area contributed by atoms with Gasteiger partial charge >= 0.3 is 0 Å². The minimum Gasteiger partial charge on any atom is -0.354 e. The van der Waals surface area contributed by atoms with E-state index in [0.717, 1.165) is 24.8 Å². The Kier molecular flexibility index (Phi) is 7.57. The van der Waals surface area contributed by atoms with Crippen LogP contribution in [-0.2, 0) is 16.1 Å². The lowest BCUT2D eigenvalue weighted by Gasteiger charge is -2.27. The van der Waals surface area contributed by atoms with Gasteiger partial charge in [0.2, 0.25) is 11.8 Å². The normalized spacial score (nSPS) is 11.8. The molecule has 0 saturated heterocycles. The minimum absolute atomic E-state index is 0.159. The maximum Gasteiger partial charge on any atom is 0.242 e. The van der Waals surface area contributed by atoms with E-state index in [1.54, 1.807) is 19.1 Å². The summed E-state index contributed by atoms with van der Waals surface area (Å²) in [6, 6.07) is 5.39. The first-order chi connectivity index (χ1) is 10.5. The lowest BCUT2D eigenvalue weighted by molar-refractivity contribution is -0.138. The Morgan fingerprint density at radius 3 is 2.41 bits per heavy atom. The monoisotopic (exact) mass is 308 g/mol. The molecule has 0 fully saturated rings. The van der Waals surface area contributed by atoms with Gasteiger partial charge in [0, 0.05) is 20.0 Å². The fourth-order valence-electron chi connectivity index (χ4n) is 2.18. The molecule has 0 unspecified atom stereocenters. The van der Waals surface area contributed by atoms with E-state index in [1.165, 1.54) is 24.0 Å².